The lowest BCUT2D eigenvalue weighted by molar-refractivity contribution is -0.150. The van der Waals surface area contributed by atoms with Crippen LogP contribution in [0.1, 0.15) is 67.2 Å². The van der Waals surface area contributed by atoms with E-state index in [9.17, 15) is 19.5 Å². The molecular weight excluding hydrogens is 470 g/mol. The minimum absolute atomic E-state index is 0.0379. The Hall–Kier alpha value is -2.45. The van der Waals surface area contributed by atoms with Crippen molar-refractivity contribution in [2.45, 2.75) is 96.6 Å². The third kappa shape index (κ3) is 4.56. The smallest absolute Gasteiger partial charge is 0.246 e. The second-order valence-electron chi connectivity index (χ2n) is 12.0. The molecule has 0 aliphatic carbocycles. The summed E-state index contributed by atoms with van der Waals surface area (Å²) >= 11 is 0. The lowest BCUT2D eigenvalue weighted by Gasteiger charge is -2.38. The number of aliphatic hydroxyl groups is 1. The first-order valence-electron chi connectivity index (χ1n) is 13.8. The summed E-state index contributed by atoms with van der Waals surface area (Å²) in [6, 6.07) is 7.68. The molecule has 8 heteroatoms. The van der Waals surface area contributed by atoms with E-state index in [0.717, 1.165) is 12.8 Å². The zero-order valence-corrected chi connectivity index (χ0v) is 23.0. The van der Waals surface area contributed by atoms with Crippen LogP contribution in [0.3, 0.4) is 0 Å². The Balaban J connectivity index is 1.77. The fourth-order valence-corrected chi connectivity index (χ4v) is 7.16. The van der Waals surface area contributed by atoms with Crippen LogP contribution in [0.15, 0.2) is 30.3 Å². The van der Waals surface area contributed by atoms with Crippen LogP contribution >= 0.6 is 0 Å². The van der Waals surface area contributed by atoms with E-state index in [1.165, 1.54) is 0 Å². The van der Waals surface area contributed by atoms with E-state index in [2.05, 4.69) is 17.6 Å². The van der Waals surface area contributed by atoms with Gasteiger partial charge in [0, 0.05) is 11.7 Å². The van der Waals surface area contributed by atoms with Crippen LogP contribution in [-0.2, 0) is 19.1 Å². The first-order valence-corrected chi connectivity index (χ1v) is 13.8. The number of nitrogens with zero attached hydrogens (tertiary/aromatic N) is 1. The first kappa shape index (κ1) is 27.6. The number of para-hydroxylation sites is 1. The summed E-state index contributed by atoms with van der Waals surface area (Å²) in [7, 11) is 0. The highest BCUT2D eigenvalue weighted by Crippen LogP contribution is 2.65. The van der Waals surface area contributed by atoms with Gasteiger partial charge >= 0.3 is 0 Å². The number of benzene rings is 1. The molecule has 3 heterocycles. The molecule has 4 rings (SSSR count). The minimum atomic E-state index is -1.12. The van der Waals surface area contributed by atoms with E-state index < -0.39 is 35.1 Å². The monoisotopic (exact) mass is 513 g/mol. The number of aliphatic hydroxyl groups excluding tert-OH is 1. The van der Waals surface area contributed by atoms with Crippen LogP contribution in [-0.4, -0.2) is 63.7 Å². The third-order valence-electron chi connectivity index (χ3n) is 8.78. The van der Waals surface area contributed by atoms with Crippen LogP contribution in [0.4, 0.5) is 5.69 Å². The van der Waals surface area contributed by atoms with Gasteiger partial charge in [-0.2, -0.15) is 0 Å². The van der Waals surface area contributed by atoms with E-state index in [4.69, 9.17) is 4.74 Å². The predicted octanol–water partition coefficient (Wildman–Crippen LogP) is 3.35. The highest BCUT2D eigenvalue weighted by atomic mass is 16.5. The van der Waals surface area contributed by atoms with Crippen LogP contribution in [0, 0.1) is 23.7 Å². The van der Waals surface area contributed by atoms with Crippen LogP contribution in [0.2, 0.25) is 0 Å². The van der Waals surface area contributed by atoms with Crippen LogP contribution in [0.5, 0.6) is 0 Å². The molecule has 3 amide bonds. The van der Waals surface area contributed by atoms with Gasteiger partial charge in [-0.3, -0.25) is 14.4 Å². The fourth-order valence-electron chi connectivity index (χ4n) is 7.16. The second-order valence-corrected chi connectivity index (χ2v) is 12.0. The Bertz CT molecular complexity index is 1020. The number of carbonyl (C=O) groups is 3. The van der Waals surface area contributed by atoms with Crippen molar-refractivity contribution in [3.63, 3.8) is 0 Å². The maximum absolute atomic E-state index is 14.3. The zero-order valence-electron chi connectivity index (χ0n) is 23.0. The third-order valence-corrected chi connectivity index (χ3v) is 8.78. The summed E-state index contributed by atoms with van der Waals surface area (Å²) in [6.07, 6.45) is 2.79. The normalized spacial score (nSPS) is 33.9. The van der Waals surface area contributed by atoms with Gasteiger partial charge in [-0.1, -0.05) is 52.3 Å². The molecule has 1 aromatic carbocycles. The summed E-state index contributed by atoms with van der Waals surface area (Å²) in [6.45, 7) is 11.8. The molecular formula is C29H43N3O5. The molecule has 8 atom stereocenters. The average molecular weight is 514 g/mol. The standard InChI is InChI=1S/C29H43N3O5/c1-7-11-19(5)30-26(35)24-29-15-18(4)28(6,37-29)22(25(34)31-20-12-9-8-10-13-20)23(29)27(36)32(24)21(16-33)14-17(2)3/h8-10,12-13,17-19,21-24,33H,7,11,14-16H2,1-6H3,(H,30,35)(H,31,34)/t18?,19?,21-,22-,23+,24?,28+,29?/m1/s1. The SMILES string of the molecule is CCCC(C)NC(=O)C1N([C@@H](CO)CC(C)C)C(=O)[C@@H]2[C@H](C(=O)Nc3ccccc3)[C@@]3(C)OC12CC3C. The summed E-state index contributed by atoms with van der Waals surface area (Å²) in [5.74, 6) is -2.19. The number of carbonyl (C=O) groups excluding carboxylic acids is 3. The number of likely N-dealkylation sites (tertiary alicyclic amines) is 1. The summed E-state index contributed by atoms with van der Waals surface area (Å²) in [5.41, 5.74) is -1.35. The largest absolute Gasteiger partial charge is 0.394 e. The van der Waals surface area contributed by atoms with E-state index in [1.807, 2.05) is 65.0 Å². The van der Waals surface area contributed by atoms with Gasteiger partial charge in [-0.15, -0.1) is 0 Å². The number of hydrogen-bond donors (Lipinski definition) is 3. The van der Waals surface area contributed by atoms with Crippen LogP contribution < -0.4 is 10.6 Å². The molecule has 3 aliphatic rings. The van der Waals surface area contributed by atoms with Gasteiger partial charge in [-0.05, 0) is 57.1 Å². The number of fused-ring (bicyclic) bond motifs is 1. The Morgan fingerprint density at radius 2 is 1.86 bits per heavy atom. The Morgan fingerprint density at radius 3 is 2.46 bits per heavy atom. The van der Waals surface area contributed by atoms with Crippen molar-refractivity contribution < 1.29 is 24.2 Å². The van der Waals surface area contributed by atoms with Crippen LogP contribution in [0.25, 0.3) is 0 Å². The molecule has 0 radical (unpaired) electrons. The minimum Gasteiger partial charge on any atom is -0.394 e. The van der Waals surface area contributed by atoms with Gasteiger partial charge in [0.15, 0.2) is 0 Å². The Morgan fingerprint density at radius 1 is 1.19 bits per heavy atom. The Labute approximate surface area is 220 Å². The molecule has 3 saturated heterocycles. The molecule has 0 aromatic heterocycles. The first-order chi connectivity index (χ1) is 17.5. The molecule has 2 bridgehead atoms. The number of hydrogen-bond acceptors (Lipinski definition) is 5. The van der Waals surface area contributed by atoms with Gasteiger partial charge < -0.3 is 25.4 Å². The molecule has 3 N–H and O–H groups in total. The maximum Gasteiger partial charge on any atom is 0.246 e. The lowest BCUT2D eigenvalue weighted by atomic mass is 9.62. The molecule has 1 spiro atoms. The van der Waals surface area contributed by atoms with Crippen molar-refractivity contribution >= 4 is 23.4 Å². The van der Waals surface area contributed by atoms with Crippen molar-refractivity contribution in [3.8, 4) is 0 Å². The van der Waals surface area contributed by atoms with Crippen molar-refractivity contribution in [1.82, 2.24) is 10.2 Å². The van der Waals surface area contributed by atoms with Crippen molar-refractivity contribution in [2.24, 2.45) is 23.7 Å². The molecule has 3 aliphatic heterocycles. The number of nitrogens with one attached hydrogen (secondary N) is 2. The van der Waals surface area contributed by atoms with Crippen molar-refractivity contribution in [2.75, 3.05) is 11.9 Å². The Kier molecular flexibility index (Phi) is 7.73. The predicted molar refractivity (Wildman–Crippen MR) is 142 cm³/mol. The van der Waals surface area contributed by atoms with Gasteiger partial charge in [0.25, 0.3) is 0 Å². The van der Waals surface area contributed by atoms with Crippen molar-refractivity contribution in [1.29, 1.82) is 0 Å². The zero-order chi connectivity index (χ0) is 27.1. The van der Waals surface area contributed by atoms with Gasteiger partial charge in [0.1, 0.15) is 11.6 Å². The number of rotatable bonds is 10. The number of amides is 3. The maximum atomic E-state index is 14.3. The number of anilines is 1. The average Bonchev–Trinajstić information content (AvgIpc) is 3.35. The molecule has 1 aromatic rings. The second kappa shape index (κ2) is 10.4. The summed E-state index contributed by atoms with van der Waals surface area (Å²) < 4.78 is 6.76. The van der Waals surface area contributed by atoms with E-state index in [1.54, 1.807) is 4.90 Å². The highest BCUT2D eigenvalue weighted by molar-refractivity contribution is 6.02. The van der Waals surface area contributed by atoms with Gasteiger partial charge in [0.05, 0.1) is 30.1 Å². The molecule has 0 saturated carbocycles. The molecule has 8 nitrogen and oxygen atoms in total. The highest BCUT2D eigenvalue weighted by Gasteiger charge is 2.80. The van der Waals surface area contributed by atoms with Crippen molar-refractivity contribution in [3.05, 3.63) is 30.3 Å². The van der Waals surface area contributed by atoms with E-state index in [-0.39, 0.29) is 42.2 Å². The quantitative estimate of drug-likeness (QED) is 0.445. The van der Waals surface area contributed by atoms with Gasteiger partial charge in [-0.25, -0.2) is 0 Å². The molecule has 37 heavy (non-hydrogen) atoms. The molecule has 4 unspecified atom stereocenters. The lowest BCUT2D eigenvalue weighted by Crippen LogP contribution is -2.59. The molecule has 204 valence electrons. The summed E-state index contributed by atoms with van der Waals surface area (Å²) in [4.78, 5) is 43.6. The fraction of sp³-hybridized carbons (Fsp3) is 0.690. The van der Waals surface area contributed by atoms with E-state index >= 15 is 0 Å². The summed E-state index contributed by atoms with van der Waals surface area (Å²) in [5, 5.41) is 16.5. The van der Waals surface area contributed by atoms with E-state index in [0.29, 0.717) is 18.5 Å². The topological polar surface area (TPSA) is 108 Å². The van der Waals surface area contributed by atoms with Gasteiger partial charge in [0.2, 0.25) is 17.7 Å². The number of ether oxygens (including phenoxy) is 1. The molecule has 3 fully saturated rings.